The molecule has 2 aromatic rings. The second kappa shape index (κ2) is 8.29. The van der Waals surface area contributed by atoms with Crippen molar-refractivity contribution in [1.82, 2.24) is 29.2 Å². The van der Waals surface area contributed by atoms with Crippen LogP contribution in [0, 0.1) is 23.0 Å². The molecule has 1 saturated heterocycles. The number of nitrogens with zero attached hydrogens (tertiary/aromatic N) is 6. The Hall–Kier alpha value is -2.80. The molecule has 1 amide bonds. The Balaban J connectivity index is 1.57. The van der Waals surface area contributed by atoms with Crippen molar-refractivity contribution in [2.24, 2.45) is 13.0 Å². The predicted molar refractivity (Wildman–Crippen MR) is 101 cm³/mol. The molecule has 3 heterocycles. The first-order valence-electron chi connectivity index (χ1n) is 9.13. The van der Waals surface area contributed by atoms with Crippen molar-refractivity contribution in [2.75, 3.05) is 19.6 Å². The standard InChI is InChI=1S/C16H23N7O5S/c1-12-15(9-18-20(12)2)29(27,28)22-6-3-4-13(10-22)16(24)17-5-7-21-11-14(8-19-21)23(25)26/h8-9,11,13H,3-7,10H2,1-2H3,(H,17,24). The van der Waals surface area contributed by atoms with Crippen molar-refractivity contribution in [3.05, 3.63) is 34.4 Å². The highest BCUT2D eigenvalue weighted by Crippen LogP contribution is 2.25. The van der Waals surface area contributed by atoms with Gasteiger partial charge in [0.15, 0.2) is 0 Å². The van der Waals surface area contributed by atoms with Gasteiger partial charge in [-0.2, -0.15) is 14.5 Å². The van der Waals surface area contributed by atoms with Gasteiger partial charge in [0.2, 0.25) is 15.9 Å². The number of sulfonamides is 1. The Morgan fingerprint density at radius 2 is 2.14 bits per heavy atom. The Morgan fingerprint density at radius 3 is 2.76 bits per heavy atom. The van der Waals surface area contributed by atoms with Gasteiger partial charge < -0.3 is 5.32 Å². The van der Waals surface area contributed by atoms with Gasteiger partial charge in [0.1, 0.15) is 17.3 Å². The van der Waals surface area contributed by atoms with Crippen molar-refractivity contribution < 1.29 is 18.1 Å². The van der Waals surface area contributed by atoms with Gasteiger partial charge >= 0.3 is 5.69 Å². The van der Waals surface area contributed by atoms with Crippen molar-refractivity contribution >= 4 is 21.6 Å². The van der Waals surface area contributed by atoms with E-state index in [2.05, 4.69) is 15.5 Å². The topological polar surface area (TPSA) is 145 Å². The number of aryl methyl sites for hydroxylation is 1. The molecule has 3 rings (SSSR count). The van der Waals surface area contributed by atoms with E-state index in [-0.39, 0.29) is 36.1 Å². The number of piperidine rings is 1. The molecule has 0 aromatic carbocycles. The fraction of sp³-hybridized carbons (Fsp3) is 0.562. The molecular formula is C16H23N7O5S. The summed E-state index contributed by atoms with van der Waals surface area (Å²) < 4.78 is 30.1. The van der Waals surface area contributed by atoms with E-state index >= 15 is 0 Å². The van der Waals surface area contributed by atoms with Crippen LogP contribution in [0.1, 0.15) is 18.5 Å². The van der Waals surface area contributed by atoms with Crippen LogP contribution in [0.3, 0.4) is 0 Å². The lowest BCUT2D eigenvalue weighted by atomic mass is 9.99. The van der Waals surface area contributed by atoms with Gasteiger partial charge in [-0.15, -0.1) is 0 Å². The SMILES string of the molecule is Cc1c(S(=O)(=O)N2CCCC(C(=O)NCCn3cc([N+](=O)[O-])cn3)C2)cnn1C. The minimum atomic E-state index is -3.72. The molecule has 13 heteroatoms. The van der Waals surface area contributed by atoms with Crippen LogP contribution in [0.15, 0.2) is 23.5 Å². The summed E-state index contributed by atoms with van der Waals surface area (Å²) in [6.07, 6.45) is 4.94. The third kappa shape index (κ3) is 4.45. The summed E-state index contributed by atoms with van der Waals surface area (Å²) in [6, 6.07) is 0. The van der Waals surface area contributed by atoms with Gasteiger partial charge in [0.05, 0.1) is 29.3 Å². The van der Waals surface area contributed by atoms with E-state index in [4.69, 9.17) is 0 Å². The zero-order valence-corrected chi connectivity index (χ0v) is 17.0. The predicted octanol–water partition coefficient (Wildman–Crippen LogP) is 0.0503. The van der Waals surface area contributed by atoms with Gasteiger partial charge in [-0.05, 0) is 19.8 Å². The number of aromatic nitrogens is 4. The summed E-state index contributed by atoms with van der Waals surface area (Å²) in [5, 5.41) is 21.3. The van der Waals surface area contributed by atoms with E-state index in [0.29, 0.717) is 25.1 Å². The zero-order valence-electron chi connectivity index (χ0n) is 16.2. The van der Waals surface area contributed by atoms with Crippen molar-refractivity contribution in [3.63, 3.8) is 0 Å². The average molecular weight is 425 g/mol. The van der Waals surface area contributed by atoms with Gasteiger partial charge in [-0.3, -0.25) is 24.3 Å². The molecule has 1 fully saturated rings. The normalized spacial score (nSPS) is 17.9. The molecule has 0 radical (unpaired) electrons. The highest BCUT2D eigenvalue weighted by Gasteiger charge is 2.34. The Labute approximate surface area is 167 Å². The summed E-state index contributed by atoms with van der Waals surface area (Å²) in [5.74, 6) is -0.697. The van der Waals surface area contributed by atoms with Gasteiger partial charge in [0.25, 0.3) is 0 Å². The summed E-state index contributed by atoms with van der Waals surface area (Å²) in [5.41, 5.74) is 0.431. The third-order valence-electron chi connectivity index (χ3n) is 5.03. The van der Waals surface area contributed by atoms with Crippen molar-refractivity contribution in [3.8, 4) is 0 Å². The van der Waals surface area contributed by atoms with Crippen LogP contribution in [0.5, 0.6) is 0 Å². The van der Waals surface area contributed by atoms with E-state index in [1.54, 1.807) is 14.0 Å². The first-order valence-corrected chi connectivity index (χ1v) is 10.6. The number of hydrogen-bond donors (Lipinski definition) is 1. The van der Waals surface area contributed by atoms with E-state index in [1.165, 1.54) is 26.1 Å². The minimum absolute atomic E-state index is 0.107. The largest absolute Gasteiger partial charge is 0.354 e. The van der Waals surface area contributed by atoms with Crippen LogP contribution in [0.2, 0.25) is 0 Å². The molecule has 29 heavy (non-hydrogen) atoms. The maximum atomic E-state index is 12.9. The molecule has 1 N–H and O–H groups in total. The van der Waals surface area contributed by atoms with Crippen LogP contribution in [0.4, 0.5) is 5.69 Å². The molecule has 0 bridgehead atoms. The minimum Gasteiger partial charge on any atom is -0.354 e. The summed E-state index contributed by atoms with van der Waals surface area (Å²) in [6.45, 7) is 2.67. The molecule has 1 aliphatic heterocycles. The number of carbonyl (C=O) groups excluding carboxylic acids is 1. The number of nitrogens with one attached hydrogen (secondary N) is 1. The van der Waals surface area contributed by atoms with Crippen LogP contribution in [0.25, 0.3) is 0 Å². The van der Waals surface area contributed by atoms with Crippen LogP contribution in [-0.2, 0) is 28.4 Å². The number of hydrogen-bond acceptors (Lipinski definition) is 7. The first-order chi connectivity index (χ1) is 13.7. The van der Waals surface area contributed by atoms with E-state index in [0.717, 1.165) is 6.20 Å². The fourth-order valence-corrected chi connectivity index (χ4v) is 4.96. The molecule has 158 valence electrons. The molecule has 0 aliphatic carbocycles. The van der Waals surface area contributed by atoms with Crippen molar-refractivity contribution in [1.29, 1.82) is 0 Å². The number of amides is 1. The monoisotopic (exact) mass is 425 g/mol. The number of nitro groups is 1. The van der Waals surface area contributed by atoms with Crippen LogP contribution < -0.4 is 5.32 Å². The van der Waals surface area contributed by atoms with Crippen molar-refractivity contribution in [2.45, 2.75) is 31.2 Å². The molecule has 1 aliphatic rings. The molecule has 0 spiro atoms. The van der Waals surface area contributed by atoms with E-state index in [1.807, 2.05) is 0 Å². The van der Waals surface area contributed by atoms with Gasteiger partial charge in [-0.25, -0.2) is 8.42 Å². The fourth-order valence-electron chi connectivity index (χ4n) is 3.25. The second-order valence-electron chi connectivity index (χ2n) is 6.93. The Kier molecular flexibility index (Phi) is 5.98. The van der Waals surface area contributed by atoms with Crippen LogP contribution >= 0.6 is 0 Å². The molecule has 1 atom stereocenters. The summed E-state index contributed by atoms with van der Waals surface area (Å²) in [7, 11) is -2.04. The maximum absolute atomic E-state index is 12.9. The third-order valence-corrected chi connectivity index (χ3v) is 7.00. The number of rotatable bonds is 7. The quantitative estimate of drug-likeness (QED) is 0.487. The van der Waals surface area contributed by atoms with Gasteiger partial charge in [0, 0.05) is 26.7 Å². The molecule has 2 aromatic heterocycles. The summed E-state index contributed by atoms with van der Waals surface area (Å²) in [4.78, 5) is 22.8. The highest BCUT2D eigenvalue weighted by molar-refractivity contribution is 7.89. The smallest absolute Gasteiger partial charge is 0.306 e. The average Bonchev–Trinajstić information content (AvgIpc) is 3.29. The molecule has 0 saturated carbocycles. The lowest BCUT2D eigenvalue weighted by Crippen LogP contribution is -2.45. The number of carbonyl (C=O) groups is 1. The van der Waals surface area contributed by atoms with Crippen LogP contribution in [-0.4, -0.2) is 62.7 Å². The molecule has 1 unspecified atom stereocenters. The highest BCUT2D eigenvalue weighted by atomic mass is 32.2. The Bertz CT molecular complexity index is 1010. The van der Waals surface area contributed by atoms with E-state index < -0.39 is 20.9 Å². The Morgan fingerprint density at radius 1 is 1.38 bits per heavy atom. The zero-order chi connectivity index (χ0) is 21.2. The second-order valence-corrected chi connectivity index (χ2v) is 8.84. The lowest BCUT2D eigenvalue weighted by Gasteiger charge is -2.31. The molecule has 12 nitrogen and oxygen atoms in total. The first kappa shape index (κ1) is 20.9. The van der Waals surface area contributed by atoms with E-state index in [9.17, 15) is 23.3 Å². The lowest BCUT2D eigenvalue weighted by molar-refractivity contribution is -0.385. The van der Waals surface area contributed by atoms with Gasteiger partial charge in [-0.1, -0.05) is 0 Å². The maximum Gasteiger partial charge on any atom is 0.306 e. The molecular weight excluding hydrogens is 402 g/mol. The summed E-state index contributed by atoms with van der Waals surface area (Å²) >= 11 is 0.